The van der Waals surface area contributed by atoms with Crippen molar-refractivity contribution >= 4 is 16.0 Å². The molecule has 2 rings (SSSR count). The molecular weight excluding hydrogens is 294 g/mol. The average molecular weight is 315 g/mol. The summed E-state index contributed by atoms with van der Waals surface area (Å²) in [6.45, 7) is 1.53. The minimum Gasteiger partial charge on any atom is -0.480 e. The van der Waals surface area contributed by atoms with Gasteiger partial charge in [0.25, 0.3) is 0 Å². The van der Waals surface area contributed by atoms with Gasteiger partial charge in [0.05, 0.1) is 6.20 Å². The van der Waals surface area contributed by atoms with Gasteiger partial charge in [0.2, 0.25) is 10.0 Å². The van der Waals surface area contributed by atoms with Crippen LogP contribution in [-0.2, 0) is 21.4 Å². The van der Waals surface area contributed by atoms with Crippen molar-refractivity contribution in [2.75, 3.05) is 0 Å². The first-order valence-electron chi connectivity index (χ1n) is 7.15. The van der Waals surface area contributed by atoms with Crippen LogP contribution in [0.1, 0.15) is 39.0 Å². The number of sulfonamides is 1. The van der Waals surface area contributed by atoms with Crippen molar-refractivity contribution in [2.24, 2.45) is 5.92 Å². The van der Waals surface area contributed by atoms with Gasteiger partial charge in [-0.25, -0.2) is 13.1 Å². The molecule has 1 aliphatic carbocycles. The Hall–Kier alpha value is -1.41. The van der Waals surface area contributed by atoms with Crippen LogP contribution in [0.25, 0.3) is 0 Å². The predicted molar refractivity (Wildman–Crippen MR) is 76.2 cm³/mol. The summed E-state index contributed by atoms with van der Waals surface area (Å²) in [4.78, 5) is 10.6. The lowest BCUT2D eigenvalue weighted by Crippen LogP contribution is -2.38. The molecule has 1 fully saturated rings. The minimum absolute atomic E-state index is 0.00593. The zero-order chi connectivity index (χ0) is 15.5. The number of carboxylic acid groups (broad SMARTS) is 1. The van der Waals surface area contributed by atoms with Crippen LogP contribution in [0.2, 0.25) is 0 Å². The highest BCUT2D eigenvalue weighted by Crippen LogP contribution is 2.27. The molecule has 21 heavy (non-hydrogen) atoms. The number of hydrogen-bond acceptors (Lipinski definition) is 4. The lowest BCUT2D eigenvalue weighted by atomic mass is 9.85. The molecule has 0 aliphatic heterocycles. The lowest BCUT2D eigenvalue weighted by Gasteiger charge is -2.27. The van der Waals surface area contributed by atoms with Gasteiger partial charge in [0, 0.05) is 12.2 Å². The van der Waals surface area contributed by atoms with Crippen LogP contribution < -0.4 is 4.72 Å². The molecule has 0 amide bonds. The fourth-order valence-electron chi connectivity index (χ4n) is 2.75. The molecule has 0 radical (unpaired) electrons. The molecule has 8 heteroatoms. The number of nitrogens with zero attached hydrogens (tertiary/aromatic N) is 2. The zero-order valence-corrected chi connectivity index (χ0v) is 12.8. The zero-order valence-electron chi connectivity index (χ0n) is 12.0. The second-order valence-electron chi connectivity index (χ2n) is 5.58. The van der Waals surface area contributed by atoms with Crippen LogP contribution in [0.4, 0.5) is 0 Å². The van der Waals surface area contributed by atoms with Gasteiger partial charge in [-0.05, 0) is 25.7 Å². The van der Waals surface area contributed by atoms with Gasteiger partial charge in [0.1, 0.15) is 11.4 Å². The molecule has 2 N–H and O–H groups in total. The van der Waals surface area contributed by atoms with Crippen LogP contribution in [0.15, 0.2) is 17.3 Å². The van der Waals surface area contributed by atoms with Crippen LogP contribution >= 0.6 is 0 Å². The van der Waals surface area contributed by atoms with E-state index >= 15 is 0 Å². The molecule has 0 spiro atoms. The molecule has 1 aromatic heterocycles. The normalized spacial score (nSPS) is 18.5. The second kappa shape index (κ2) is 6.57. The fourth-order valence-corrected chi connectivity index (χ4v) is 4.02. The van der Waals surface area contributed by atoms with Gasteiger partial charge < -0.3 is 5.11 Å². The third kappa shape index (κ3) is 4.28. The molecule has 1 saturated carbocycles. The summed E-state index contributed by atoms with van der Waals surface area (Å²) in [6, 6.07) is -0.127. The number of carboxylic acids is 1. The van der Waals surface area contributed by atoms with E-state index in [4.69, 9.17) is 5.11 Å². The summed E-state index contributed by atoms with van der Waals surface area (Å²) >= 11 is 0. The molecule has 1 atom stereocenters. The third-order valence-corrected chi connectivity index (χ3v) is 5.43. The Bertz CT molecular complexity index is 590. The molecule has 7 nitrogen and oxygen atoms in total. The standard InChI is InChI=1S/C13H21N3O4S/c1-10(11-5-3-2-4-6-11)15-21(19,20)12-7-14-16(8-12)9-13(17)18/h7-8,10-11,15H,2-6,9H2,1H3,(H,17,18). The molecule has 1 unspecified atom stereocenters. The predicted octanol–water partition coefficient (Wildman–Crippen LogP) is 1.21. The molecule has 1 heterocycles. The van der Waals surface area contributed by atoms with E-state index in [9.17, 15) is 13.2 Å². The van der Waals surface area contributed by atoms with E-state index in [1.165, 1.54) is 18.8 Å². The summed E-state index contributed by atoms with van der Waals surface area (Å²) in [5.74, 6) is -0.701. The van der Waals surface area contributed by atoms with Crippen LogP contribution in [0, 0.1) is 5.92 Å². The van der Waals surface area contributed by atoms with Crippen molar-refractivity contribution in [3.8, 4) is 0 Å². The van der Waals surface area contributed by atoms with E-state index in [-0.39, 0.29) is 17.5 Å². The van der Waals surface area contributed by atoms with Crippen molar-refractivity contribution in [2.45, 2.75) is 56.5 Å². The van der Waals surface area contributed by atoms with E-state index in [1.807, 2.05) is 6.92 Å². The van der Waals surface area contributed by atoms with Crippen molar-refractivity contribution in [3.05, 3.63) is 12.4 Å². The molecule has 1 aliphatic rings. The highest BCUT2D eigenvalue weighted by molar-refractivity contribution is 7.89. The number of rotatable bonds is 6. The topological polar surface area (TPSA) is 101 Å². The van der Waals surface area contributed by atoms with Gasteiger partial charge >= 0.3 is 5.97 Å². The first kappa shape index (κ1) is 16.0. The Labute approximate surface area is 124 Å². The summed E-state index contributed by atoms with van der Waals surface area (Å²) in [5, 5.41) is 12.4. The largest absolute Gasteiger partial charge is 0.480 e. The maximum atomic E-state index is 12.3. The van der Waals surface area contributed by atoms with Crippen LogP contribution in [-0.4, -0.2) is 35.3 Å². The number of nitrogens with one attached hydrogen (secondary N) is 1. The highest BCUT2D eigenvalue weighted by atomic mass is 32.2. The third-order valence-electron chi connectivity index (χ3n) is 3.92. The van der Waals surface area contributed by atoms with Crippen molar-refractivity contribution in [1.29, 1.82) is 0 Å². The Morgan fingerprint density at radius 2 is 2.14 bits per heavy atom. The molecular formula is C13H21N3O4S. The van der Waals surface area contributed by atoms with E-state index in [0.717, 1.165) is 30.4 Å². The first-order valence-corrected chi connectivity index (χ1v) is 8.63. The Kier molecular flexibility index (Phi) is 5.00. The Balaban J connectivity index is 2.03. The number of aliphatic carboxylic acids is 1. The Morgan fingerprint density at radius 1 is 1.48 bits per heavy atom. The average Bonchev–Trinajstić information content (AvgIpc) is 2.88. The quantitative estimate of drug-likeness (QED) is 0.822. The monoisotopic (exact) mass is 315 g/mol. The van der Waals surface area contributed by atoms with Crippen molar-refractivity contribution < 1.29 is 18.3 Å². The van der Waals surface area contributed by atoms with E-state index < -0.39 is 16.0 Å². The number of aromatic nitrogens is 2. The smallest absolute Gasteiger partial charge is 0.325 e. The van der Waals surface area contributed by atoms with Gasteiger partial charge in [-0.15, -0.1) is 0 Å². The van der Waals surface area contributed by atoms with Gasteiger partial charge in [-0.2, -0.15) is 5.10 Å². The van der Waals surface area contributed by atoms with Crippen LogP contribution in [0.5, 0.6) is 0 Å². The molecule has 0 bridgehead atoms. The lowest BCUT2D eigenvalue weighted by molar-refractivity contribution is -0.137. The summed E-state index contributed by atoms with van der Waals surface area (Å²) in [5.41, 5.74) is 0. The second-order valence-corrected chi connectivity index (χ2v) is 7.29. The highest BCUT2D eigenvalue weighted by Gasteiger charge is 2.26. The van der Waals surface area contributed by atoms with Gasteiger partial charge in [0.15, 0.2) is 0 Å². The van der Waals surface area contributed by atoms with Crippen LogP contribution in [0.3, 0.4) is 0 Å². The summed E-state index contributed by atoms with van der Waals surface area (Å²) < 4.78 is 28.3. The molecule has 118 valence electrons. The number of hydrogen-bond donors (Lipinski definition) is 2. The fraction of sp³-hybridized carbons (Fsp3) is 0.692. The minimum atomic E-state index is -3.65. The number of carbonyl (C=O) groups is 1. The van der Waals surface area contributed by atoms with Crippen molar-refractivity contribution in [1.82, 2.24) is 14.5 Å². The molecule has 0 aromatic carbocycles. The SMILES string of the molecule is CC(NS(=O)(=O)c1cnn(CC(=O)O)c1)C1CCCCC1. The van der Waals surface area contributed by atoms with E-state index in [1.54, 1.807) is 0 Å². The Morgan fingerprint density at radius 3 is 2.76 bits per heavy atom. The molecule has 0 saturated heterocycles. The maximum Gasteiger partial charge on any atom is 0.325 e. The maximum absolute atomic E-state index is 12.3. The summed E-state index contributed by atoms with van der Waals surface area (Å²) in [6.07, 6.45) is 8.02. The van der Waals surface area contributed by atoms with E-state index in [2.05, 4.69) is 9.82 Å². The summed E-state index contributed by atoms with van der Waals surface area (Å²) in [7, 11) is -3.65. The van der Waals surface area contributed by atoms with E-state index in [0.29, 0.717) is 5.92 Å². The molecule has 1 aromatic rings. The van der Waals surface area contributed by atoms with Crippen molar-refractivity contribution in [3.63, 3.8) is 0 Å². The van der Waals surface area contributed by atoms with Gasteiger partial charge in [-0.3, -0.25) is 9.48 Å². The van der Waals surface area contributed by atoms with Gasteiger partial charge in [-0.1, -0.05) is 19.3 Å². The first-order chi connectivity index (χ1) is 9.88.